The maximum atomic E-state index is 12.4. The average molecular weight is 347 g/mol. The number of rotatable bonds is 5. The van der Waals surface area contributed by atoms with E-state index in [1.54, 1.807) is 6.92 Å². The number of carbonyl (C=O) groups is 1. The molecule has 0 spiro atoms. The molecule has 0 aromatic heterocycles. The molecule has 0 saturated carbocycles. The molecule has 110 valence electrons. The van der Waals surface area contributed by atoms with Gasteiger partial charge in [0.2, 0.25) is 5.78 Å². The zero-order chi connectivity index (χ0) is 15.4. The molecule has 0 bridgehead atoms. The van der Waals surface area contributed by atoms with Gasteiger partial charge in [0.1, 0.15) is 5.75 Å². The highest BCUT2D eigenvalue weighted by Gasteiger charge is 2.17. The smallest absolute Gasteiger partial charge is 0.202 e. The van der Waals surface area contributed by atoms with Gasteiger partial charge in [-0.2, -0.15) is 0 Å². The van der Waals surface area contributed by atoms with Crippen molar-refractivity contribution in [2.75, 3.05) is 0 Å². The number of Topliss-reactive ketones (excluding diaryl/α,β-unsaturated/α-hetero) is 1. The van der Waals surface area contributed by atoms with Gasteiger partial charge < -0.3 is 4.74 Å². The van der Waals surface area contributed by atoms with Crippen LogP contribution >= 0.6 is 15.9 Å². The predicted molar refractivity (Wildman–Crippen MR) is 89.1 cm³/mol. The first-order chi connectivity index (χ1) is 10.0. The molecule has 2 rings (SSSR count). The second-order valence-electron chi connectivity index (χ2n) is 5.09. The number of halogens is 1. The molecule has 3 heteroatoms. The summed E-state index contributed by atoms with van der Waals surface area (Å²) in [6, 6.07) is 13.4. The van der Waals surface area contributed by atoms with Crippen LogP contribution in [0.5, 0.6) is 5.75 Å². The van der Waals surface area contributed by atoms with Crippen LogP contribution in [0.3, 0.4) is 0 Å². The summed E-state index contributed by atoms with van der Waals surface area (Å²) in [6.07, 6.45) is 0.469. The van der Waals surface area contributed by atoms with Crippen molar-refractivity contribution in [3.8, 4) is 5.75 Å². The standard InChI is InChI=1S/C18H19BrO2/c1-4-14-5-7-15(8-6-14)18(20)13(3)21-16-9-10-17(19)12(2)11-16/h5-11,13H,4H2,1-3H3. The summed E-state index contributed by atoms with van der Waals surface area (Å²) in [5, 5.41) is 0. The highest BCUT2D eigenvalue weighted by molar-refractivity contribution is 9.10. The zero-order valence-corrected chi connectivity index (χ0v) is 14.1. The van der Waals surface area contributed by atoms with Crippen molar-refractivity contribution >= 4 is 21.7 Å². The third kappa shape index (κ3) is 3.94. The first-order valence-corrected chi connectivity index (χ1v) is 7.86. The predicted octanol–water partition coefficient (Wildman–Crippen LogP) is 4.97. The lowest BCUT2D eigenvalue weighted by Crippen LogP contribution is -2.23. The number of hydrogen-bond donors (Lipinski definition) is 0. The molecule has 0 saturated heterocycles. The Hall–Kier alpha value is -1.61. The highest BCUT2D eigenvalue weighted by Crippen LogP contribution is 2.23. The minimum absolute atomic E-state index is 0.00164. The molecule has 0 aliphatic heterocycles. The second kappa shape index (κ2) is 6.90. The van der Waals surface area contributed by atoms with E-state index >= 15 is 0 Å². The first kappa shape index (κ1) is 15.8. The average Bonchev–Trinajstić information content (AvgIpc) is 2.50. The SMILES string of the molecule is CCc1ccc(C(=O)C(C)Oc2ccc(Br)c(C)c2)cc1. The Kier molecular flexibility index (Phi) is 5.18. The van der Waals surface area contributed by atoms with Crippen molar-refractivity contribution < 1.29 is 9.53 Å². The van der Waals surface area contributed by atoms with Gasteiger partial charge in [-0.25, -0.2) is 0 Å². The topological polar surface area (TPSA) is 26.3 Å². The summed E-state index contributed by atoms with van der Waals surface area (Å²) in [4.78, 5) is 12.4. The summed E-state index contributed by atoms with van der Waals surface area (Å²) < 4.78 is 6.78. The second-order valence-corrected chi connectivity index (χ2v) is 5.94. The van der Waals surface area contributed by atoms with Crippen LogP contribution in [0.2, 0.25) is 0 Å². The van der Waals surface area contributed by atoms with Crippen molar-refractivity contribution in [2.24, 2.45) is 0 Å². The van der Waals surface area contributed by atoms with Crippen LogP contribution in [0.25, 0.3) is 0 Å². The molecule has 1 atom stereocenters. The van der Waals surface area contributed by atoms with Crippen LogP contribution in [0, 0.1) is 6.92 Å². The lowest BCUT2D eigenvalue weighted by atomic mass is 10.0. The minimum Gasteiger partial charge on any atom is -0.483 e. The van der Waals surface area contributed by atoms with Crippen LogP contribution in [0.1, 0.15) is 35.3 Å². The quantitative estimate of drug-likeness (QED) is 0.714. The molecule has 0 aliphatic rings. The fourth-order valence-electron chi connectivity index (χ4n) is 2.09. The third-order valence-corrected chi connectivity index (χ3v) is 4.35. The highest BCUT2D eigenvalue weighted by atomic mass is 79.9. The van der Waals surface area contributed by atoms with E-state index in [2.05, 4.69) is 22.9 Å². The summed E-state index contributed by atoms with van der Waals surface area (Å²) >= 11 is 3.45. The van der Waals surface area contributed by atoms with Gasteiger partial charge in [-0.15, -0.1) is 0 Å². The Morgan fingerprint density at radius 3 is 2.43 bits per heavy atom. The van der Waals surface area contributed by atoms with Gasteiger partial charge >= 0.3 is 0 Å². The Balaban J connectivity index is 2.09. The van der Waals surface area contributed by atoms with E-state index in [1.807, 2.05) is 49.4 Å². The van der Waals surface area contributed by atoms with E-state index in [9.17, 15) is 4.79 Å². The number of carbonyl (C=O) groups excluding carboxylic acids is 1. The van der Waals surface area contributed by atoms with Crippen molar-refractivity contribution in [2.45, 2.75) is 33.3 Å². The maximum Gasteiger partial charge on any atom is 0.202 e. The monoisotopic (exact) mass is 346 g/mol. The molecule has 1 unspecified atom stereocenters. The fourth-order valence-corrected chi connectivity index (χ4v) is 2.33. The number of aryl methyl sites for hydroxylation is 2. The molecule has 0 N–H and O–H groups in total. The molecule has 0 radical (unpaired) electrons. The number of benzene rings is 2. The van der Waals surface area contributed by atoms with E-state index in [0.717, 1.165) is 16.5 Å². The summed E-state index contributed by atoms with van der Waals surface area (Å²) in [5.41, 5.74) is 3.00. The van der Waals surface area contributed by atoms with Crippen molar-refractivity contribution in [1.29, 1.82) is 0 Å². The molecule has 21 heavy (non-hydrogen) atoms. The Labute approximate surface area is 134 Å². The van der Waals surface area contributed by atoms with Gasteiger partial charge in [0.15, 0.2) is 6.10 Å². The normalized spacial score (nSPS) is 12.0. The zero-order valence-electron chi connectivity index (χ0n) is 12.5. The van der Waals surface area contributed by atoms with E-state index in [0.29, 0.717) is 11.3 Å². The Morgan fingerprint density at radius 2 is 1.86 bits per heavy atom. The van der Waals surface area contributed by atoms with Gasteiger partial charge in [0.05, 0.1) is 0 Å². The number of hydrogen-bond acceptors (Lipinski definition) is 2. The van der Waals surface area contributed by atoms with Crippen LogP contribution in [0.15, 0.2) is 46.9 Å². The van der Waals surface area contributed by atoms with Crippen LogP contribution in [-0.4, -0.2) is 11.9 Å². The molecule has 0 heterocycles. The van der Waals surface area contributed by atoms with Crippen molar-refractivity contribution in [1.82, 2.24) is 0 Å². The van der Waals surface area contributed by atoms with E-state index in [1.165, 1.54) is 5.56 Å². The molecule has 2 nitrogen and oxygen atoms in total. The van der Waals surface area contributed by atoms with Gasteiger partial charge in [-0.05, 0) is 49.6 Å². The minimum atomic E-state index is -0.502. The van der Waals surface area contributed by atoms with Crippen molar-refractivity contribution in [3.63, 3.8) is 0 Å². The Bertz CT molecular complexity index is 632. The summed E-state index contributed by atoms with van der Waals surface area (Å²) in [5.74, 6) is 0.708. The maximum absolute atomic E-state index is 12.4. The third-order valence-electron chi connectivity index (χ3n) is 3.46. The van der Waals surface area contributed by atoms with Gasteiger partial charge in [0, 0.05) is 10.0 Å². The van der Waals surface area contributed by atoms with Crippen LogP contribution < -0.4 is 4.74 Å². The molecular formula is C18H19BrO2. The van der Waals surface area contributed by atoms with Crippen molar-refractivity contribution in [3.05, 3.63) is 63.6 Å². The van der Waals surface area contributed by atoms with Crippen LogP contribution in [-0.2, 0) is 6.42 Å². The lowest BCUT2D eigenvalue weighted by Gasteiger charge is -2.14. The van der Waals surface area contributed by atoms with E-state index in [-0.39, 0.29) is 5.78 Å². The van der Waals surface area contributed by atoms with E-state index < -0.39 is 6.10 Å². The van der Waals surface area contributed by atoms with E-state index in [4.69, 9.17) is 4.74 Å². The molecule has 0 fully saturated rings. The molecule has 2 aromatic rings. The number of ether oxygens (including phenoxy) is 1. The van der Waals surface area contributed by atoms with Gasteiger partial charge in [-0.3, -0.25) is 4.79 Å². The summed E-state index contributed by atoms with van der Waals surface area (Å²) in [7, 11) is 0. The van der Waals surface area contributed by atoms with Gasteiger partial charge in [0.25, 0.3) is 0 Å². The lowest BCUT2D eigenvalue weighted by molar-refractivity contribution is 0.0818. The molecule has 0 amide bonds. The van der Waals surface area contributed by atoms with Crippen LogP contribution in [0.4, 0.5) is 0 Å². The number of ketones is 1. The summed E-state index contributed by atoms with van der Waals surface area (Å²) in [6.45, 7) is 5.87. The van der Waals surface area contributed by atoms with Gasteiger partial charge in [-0.1, -0.05) is 47.1 Å². The largest absolute Gasteiger partial charge is 0.483 e. The Morgan fingerprint density at radius 1 is 1.19 bits per heavy atom. The molecule has 2 aromatic carbocycles. The first-order valence-electron chi connectivity index (χ1n) is 7.07. The molecular weight excluding hydrogens is 328 g/mol. The molecule has 0 aliphatic carbocycles. The fraction of sp³-hybridized carbons (Fsp3) is 0.278.